The highest BCUT2D eigenvalue weighted by atomic mass is 19.1. The molecule has 116 valence electrons. The first-order valence-electron chi connectivity index (χ1n) is 6.84. The number of nitrogens with one attached hydrogen (secondary N) is 1. The van der Waals surface area contributed by atoms with Crippen LogP contribution in [0.5, 0.6) is 0 Å². The predicted octanol–water partition coefficient (Wildman–Crippen LogP) is 2.10. The lowest BCUT2D eigenvalue weighted by atomic mass is 9.94. The average molecular weight is 303 g/mol. The maximum atomic E-state index is 14.0. The van der Waals surface area contributed by atoms with Crippen LogP contribution in [0.3, 0.4) is 0 Å². The first-order chi connectivity index (χ1) is 10.5. The molecule has 5 nitrogen and oxygen atoms in total. The highest BCUT2D eigenvalue weighted by molar-refractivity contribution is 5.86. The number of hydrogen-bond acceptors (Lipinski definition) is 4. The Morgan fingerprint density at radius 2 is 2.09 bits per heavy atom. The summed E-state index contributed by atoms with van der Waals surface area (Å²) in [6, 6.07) is 7.77. The summed E-state index contributed by atoms with van der Waals surface area (Å²) in [5.74, 6) is -0.299. The quantitative estimate of drug-likeness (QED) is 0.919. The maximum Gasteiger partial charge on any atom is 0.257 e. The lowest BCUT2D eigenvalue weighted by molar-refractivity contribution is -0.143. The standard InChI is InChI=1S/C16H18FN3O2/c1-11-18-9-8-12(20-11)10-19-15(21)16(2,22-3)13-6-4-5-7-14(13)17/h4-9H,10H2,1-3H3,(H,19,21). The molecule has 0 aliphatic carbocycles. The molecular weight excluding hydrogens is 285 g/mol. The summed E-state index contributed by atoms with van der Waals surface area (Å²) in [6.07, 6.45) is 1.62. The van der Waals surface area contributed by atoms with Gasteiger partial charge in [-0.3, -0.25) is 4.79 Å². The molecule has 0 saturated heterocycles. The van der Waals surface area contributed by atoms with E-state index < -0.39 is 17.3 Å². The van der Waals surface area contributed by atoms with Crippen LogP contribution >= 0.6 is 0 Å². The van der Waals surface area contributed by atoms with Crippen LogP contribution in [0.1, 0.15) is 24.0 Å². The number of amides is 1. The second kappa shape index (κ2) is 6.62. The van der Waals surface area contributed by atoms with Gasteiger partial charge in [0.15, 0.2) is 5.60 Å². The molecule has 1 N–H and O–H groups in total. The number of aryl methyl sites for hydroxylation is 1. The Morgan fingerprint density at radius 3 is 2.73 bits per heavy atom. The number of benzene rings is 1. The molecule has 0 aliphatic rings. The van der Waals surface area contributed by atoms with Crippen LogP contribution in [0.15, 0.2) is 36.5 Å². The average Bonchev–Trinajstić information content (AvgIpc) is 2.52. The molecule has 1 unspecified atom stereocenters. The molecule has 1 heterocycles. The Kier molecular flexibility index (Phi) is 4.82. The van der Waals surface area contributed by atoms with Crippen molar-refractivity contribution in [2.45, 2.75) is 26.0 Å². The highest BCUT2D eigenvalue weighted by Crippen LogP contribution is 2.27. The van der Waals surface area contributed by atoms with Crippen molar-refractivity contribution in [2.24, 2.45) is 0 Å². The summed E-state index contributed by atoms with van der Waals surface area (Å²) in [5, 5.41) is 2.72. The number of rotatable bonds is 5. The first kappa shape index (κ1) is 16.0. The second-order valence-electron chi connectivity index (χ2n) is 5.00. The molecule has 22 heavy (non-hydrogen) atoms. The Bertz CT molecular complexity index is 678. The molecule has 0 bridgehead atoms. The minimum atomic E-state index is -1.41. The van der Waals surface area contributed by atoms with Gasteiger partial charge in [-0.1, -0.05) is 18.2 Å². The monoisotopic (exact) mass is 303 g/mol. The zero-order chi connectivity index (χ0) is 16.2. The van der Waals surface area contributed by atoms with Gasteiger partial charge >= 0.3 is 0 Å². The van der Waals surface area contributed by atoms with Crippen molar-refractivity contribution in [2.75, 3.05) is 7.11 Å². The maximum absolute atomic E-state index is 14.0. The summed E-state index contributed by atoms with van der Waals surface area (Å²) in [5.41, 5.74) is -0.547. The van der Waals surface area contributed by atoms with Gasteiger partial charge in [0.25, 0.3) is 5.91 Å². The lowest BCUT2D eigenvalue weighted by Crippen LogP contribution is -2.44. The summed E-state index contributed by atoms with van der Waals surface area (Å²) in [7, 11) is 1.38. The third-order valence-electron chi connectivity index (χ3n) is 3.49. The molecular formula is C16H18FN3O2. The van der Waals surface area contributed by atoms with Gasteiger partial charge in [0, 0.05) is 18.9 Å². The van der Waals surface area contributed by atoms with Crippen molar-refractivity contribution in [1.82, 2.24) is 15.3 Å². The number of ether oxygens (including phenoxy) is 1. The van der Waals surface area contributed by atoms with Gasteiger partial charge in [0.1, 0.15) is 11.6 Å². The molecule has 1 amide bonds. The smallest absolute Gasteiger partial charge is 0.257 e. The van der Waals surface area contributed by atoms with Crippen LogP contribution in [0.4, 0.5) is 4.39 Å². The SMILES string of the molecule is COC(C)(C(=O)NCc1ccnc(C)n1)c1ccccc1F. The minimum absolute atomic E-state index is 0.189. The zero-order valence-corrected chi connectivity index (χ0v) is 12.8. The molecule has 2 rings (SSSR count). The lowest BCUT2D eigenvalue weighted by Gasteiger charge is -2.27. The van der Waals surface area contributed by atoms with E-state index in [-0.39, 0.29) is 12.1 Å². The minimum Gasteiger partial charge on any atom is -0.364 e. The fourth-order valence-electron chi connectivity index (χ4n) is 2.12. The third kappa shape index (κ3) is 3.28. The summed E-state index contributed by atoms with van der Waals surface area (Å²) < 4.78 is 19.3. The zero-order valence-electron chi connectivity index (χ0n) is 12.8. The Labute approximate surface area is 128 Å². The number of halogens is 1. The second-order valence-corrected chi connectivity index (χ2v) is 5.00. The highest BCUT2D eigenvalue weighted by Gasteiger charge is 2.37. The van der Waals surface area contributed by atoms with E-state index in [1.165, 1.54) is 26.2 Å². The fraction of sp³-hybridized carbons (Fsp3) is 0.312. The number of carbonyl (C=O) groups excluding carboxylic acids is 1. The van der Waals surface area contributed by atoms with Crippen molar-refractivity contribution < 1.29 is 13.9 Å². The molecule has 1 aromatic carbocycles. The van der Waals surface area contributed by atoms with Gasteiger partial charge in [-0.05, 0) is 26.0 Å². The van der Waals surface area contributed by atoms with Gasteiger partial charge in [0.2, 0.25) is 0 Å². The van der Waals surface area contributed by atoms with E-state index in [0.29, 0.717) is 11.5 Å². The van der Waals surface area contributed by atoms with E-state index in [1.807, 2.05) is 0 Å². The normalized spacial score (nSPS) is 13.5. The van der Waals surface area contributed by atoms with E-state index in [4.69, 9.17) is 4.74 Å². The molecule has 1 atom stereocenters. The molecule has 0 radical (unpaired) electrons. The van der Waals surface area contributed by atoms with Crippen molar-refractivity contribution in [1.29, 1.82) is 0 Å². The Balaban J connectivity index is 2.17. The van der Waals surface area contributed by atoms with Crippen LogP contribution in [0.2, 0.25) is 0 Å². The Morgan fingerprint density at radius 1 is 1.36 bits per heavy atom. The van der Waals surface area contributed by atoms with Gasteiger partial charge in [-0.25, -0.2) is 14.4 Å². The van der Waals surface area contributed by atoms with E-state index >= 15 is 0 Å². The Hall–Kier alpha value is -2.34. The fourth-order valence-corrected chi connectivity index (χ4v) is 2.12. The molecule has 0 fully saturated rings. The van der Waals surface area contributed by atoms with Crippen molar-refractivity contribution in [3.05, 3.63) is 59.4 Å². The van der Waals surface area contributed by atoms with Crippen molar-refractivity contribution in [3.8, 4) is 0 Å². The third-order valence-corrected chi connectivity index (χ3v) is 3.49. The number of carbonyl (C=O) groups is 1. The van der Waals surface area contributed by atoms with Gasteiger partial charge in [0.05, 0.1) is 12.2 Å². The van der Waals surface area contributed by atoms with E-state index in [1.54, 1.807) is 31.3 Å². The van der Waals surface area contributed by atoms with Crippen LogP contribution in [-0.2, 0) is 21.7 Å². The topological polar surface area (TPSA) is 64.1 Å². The number of methoxy groups -OCH3 is 1. The van der Waals surface area contributed by atoms with Crippen molar-refractivity contribution >= 4 is 5.91 Å². The van der Waals surface area contributed by atoms with E-state index in [2.05, 4.69) is 15.3 Å². The molecule has 2 aromatic rings. The van der Waals surface area contributed by atoms with Gasteiger partial charge in [-0.2, -0.15) is 0 Å². The largest absolute Gasteiger partial charge is 0.364 e. The molecule has 0 saturated carbocycles. The summed E-state index contributed by atoms with van der Waals surface area (Å²) >= 11 is 0. The molecule has 6 heteroatoms. The molecule has 0 aliphatic heterocycles. The summed E-state index contributed by atoms with van der Waals surface area (Å²) in [4.78, 5) is 20.7. The van der Waals surface area contributed by atoms with E-state index in [9.17, 15) is 9.18 Å². The molecule has 0 spiro atoms. The number of hydrogen-bond donors (Lipinski definition) is 1. The summed E-state index contributed by atoms with van der Waals surface area (Å²) in [6.45, 7) is 3.52. The predicted molar refractivity (Wildman–Crippen MR) is 79.4 cm³/mol. The van der Waals surface area contributed by atoms with Crippen LogP contribution < -0.4 is 5.32 Å². The van der Waals surface area contributed by atoms with Crippen LogP contribution in [-0.4, -0.2) is 23.0 Å². The first-order valence-corrected chi connectivity index (χ1v) is 6.84. The molecule has 1 aromatic heterocycles. The van der Waals surface area contributed by atoms with Crippen LogP contribution in [0, 0.1) is 12.7 Å². The van der Waals surface area contributed by atoms with Crippen LogP contribution in [0.25, 0.3) is 0 Å². The van der Waals surface area contributed by atoms with Gasteiger partial charge in [-0.15, -0.1) is 0 Å². The number of aromatic nitrogens is 2. The van der Waals surface area contributed by atoms with Gasteiger partial charge < -0.3 is 10.1 Å². The van der Waals surface area contributed by atoms with Crippen molar-refractivity contribution in [3.63, 3.8) is 0 Å². The van der Waals surface area contributed by atoms with E-state index in [0.717, 1.165) is 0 Å². The number of nitrogens with zero attached hydrogens (tertiary/aromatic N) is 2.